The predicted molar refractivity (Wildman–Crippen MR) is 114 cm³/mol. The highest BCUT2D eigenvalue weighted by atomic mass is 32.1. The maximum atomic E-state index is 12.9. The topological polar surface area (TPSA) is 49.0 Å². The third kappa shape index (κ3) is 3.38. The molecule has 0 unspecified atom stereocenters. The molecule has 2 aromatic heterocycles. The average Bonchev–Trinajstić information content (AvgIpc) is 3.08. The maximum Gasteiger partial charge on any atom is 0.260 e. The van der Waals surface area contributed by atoms with Gasteiger partial charge in [-0.1, -0.05) is 42.0 Å². The average molecular weight is 375 g/mol. The molecule has 0 atom stereocenters. The lowest BCUT2D eigenvalue weighted by atomic mass is 9.99. The molecule has 0 spiro atoms. The van der Waals surface area contributed by atoms with E-state index >= 15 is 0 Å². The van der Waals surface area contributed by atoms with E-state index in [4.69, 9.17) is 4.98 Å². The number of thiophene rings is 1. The van der Waals surface area contributed by atoms with Crippen molar-refractivity contribution in [1.82, 2.24) is 9.97 Å². The number of anilines is 1. The van der Waals surface area contributed by atoms with Crippen molar-refractivity contribution in [1.29, 1.82) is 0 Å². The highest BCUT2D eigenvalue weighted by Gasteiger charge is 2.15. The molecule has 2 aromatic carbocycles. The van der Waals surface area contributed by atoms with Crippen molar-refractivity contribution in [2.75, 3.05) is 11.9 Å². The third-order valence-corrected chi connectivity index (χ3v) is 5.63. The SMILES string of the molecule is Cc1ccc(C)c(-c2csc3nc(CN(C)c4ccccc4)[nH]c(=O)c23)c1. The van der Waals surface area contributed by atoms with Gasteiger partial charge in [0.2, 0.25) is 0 Å². The molecule has 4 nitrogen and oxygen atoms in total. The van der Waals surface area contributed by atoms with Crippen LogP contribution in [0.15, 0.2) is 58.7 Å². The molecule has 0 saturated heterocycles. The molecule has 0 bridgehead atoms. The van der Waals surface area contributed by atoms with Crippen LogP contribution in [0, 0.1) is 13.8 Å². The van der Waals surface area contributed by atoms with Crippen LogP contribution in [-0.2, 0) is 6.54 Å². The van der Waals surface area contributed by atoms with Gasteiger partial charge in [0.25, 0.3) is 5.56 Å². The van der Waals surface area contributed by atoms with Crippen molar-refractivity contribution < 1.29 is 0 Å². The Morgan fingerprint density at radius 3 is 2.63 bits per heavy atom. The summed E-state index contributed by atoms with van der Waals surface area (Å²) in [5.74, 6) is 0.674. The summed E-state index contributed by atoms with van der Waals surface area (Å²) < 4.78 is 0. The van der Waals surface area contributed by atoms with Crippen LogP contribution in [0.4, 0.5) is 5.69 Å². The molecule has 0 amide bonds. The summed E-state index contributed by atoms with van der Waals surface area (Å²) in [4.78, 5) is 23.4. The van der Waals surface area contributed by atoms with Crippen LogP contribution in [0.5, 0.6) is 0 Å². The second kappa shape index (κ2) is 7.00. The van der Waals surface area contributed by atoms with Gasteiger partial charge in [-0.15, -0.1) is 11.3 Å². The molecule has 0 aliphatic heterocycles. The molecule has 0 saturated carbocycles. The van der Waals surface area contributed by atoms with Crippen molar-refractivity contribution in [3.63, 3.8) is 0 Å². The van der Waals surface area contributed by atoms with Gasteiger partial charge in [0, 0.05) is 23.7 Å². The Kier molecular flexibility index (Phi) is 4.54. The lowest BCUT2D eigenvalue weighted by molar-refractivity contribution is 0.842. The summed E-state index contributed by atoms with van der Waals surface area (Å²) in [7, 11) is 2.00. The Bertz CT molecular complexity index is 1160. The number of aryl methyl sites for hydroxylation is 2. The van der Waals surface area contributed by atoms with Gasteiger partial charge in [-0.2, -0.15) is 0 Å². The van der Waals surface area contributed by atoms with E-state index in [0.717, 1.165) is 27.2 Å². The Morgan fingerprint density at radius 2 is 1.85 bits per heavy atom. The Morgan fingerprint density at radius 1 is 1.07 bits per heavy atom. The molecule has 4 rings (SSSR count). The fraction of sp³-hybridized carbons (Fsp3) is 0.182. The molecular weight excluding hydrogens is 354 g/mol. The van der Waals surface area contributed by atoms with Crippen LogP contribution in [0.1, 0.15) is 17.0 Å². The number of rotatable bonds is 4. The molecular formula is C22H21N3OS. The minimum absolute atomic E-state index is 0.0754. The van der Waals surface area contributed by atoms with Crippen LogP contribution in [-0.4, -0.2) is 17.0 Å². The van der Waals surface area contributed by atoms with Gasteiger partial charge >= 0.3 is 0 Å². The summed E-state index contributed by atoms with van der Waals surface area (Å²) >= 11 is 1.52. The molecule has 0 fully saturated rings. The van der Waals surface area contributed by atoms with Crippen molar-refractivity contribution in [2.24, 2.45) is 0 Å². The predicted octanol–water partition coefficient (Wildman–Crippen LogP) is 4.90. The van der Waals surface area contributed by atoms with Gasteiger partial charge < -0.3 is 9.88 Å². The van der Waals surface area contributed by atoms with Gasteiger partial charge in [0.05, 0.1) is 11.9 Å². The molecule has 2 heterocycles. The quantitative estimate of drug-likeness (QED) is 0.552. The van der Waals surface area contributed by atoms with E-state index in [1.807, 2.05) is 42.8 Å². The van der Waals surface area contributed by atoms with Crippen molar-refractivity contribution in [3.8, 4) is 11.1 Å². The highest BCUT2D eigenvalue weighted by molar-refractivity contribution is 7.17. The monoisotopic (exact) mass is 375 g/mol. The lowest BCUT2D eigenvalue weighted by Crippen LogP contribution is -2.21. The first-order chi connectivity index (χ1) is 13.0. The lowest BCUT2D eigenvalue weighted by Gasteiger charge is -2.18. The minimum Gasteiger partial charge on any atom is -0.367 e. The zero-order valence-corrected chi connectivity index (χ0v) is 16.4. The zero-order chi connectivity index (χ0) is 19.0. The van der Waals surface area contributed by atoms with Crippen LogP contribution in [0.3, 0.4) is 0 Å². The van der Waals surface area contributed by atoms with Gasteiger partial charge in [-0.05, 0) is 37.1 Å². The number of nitrogens with zero attached hydrogens (tertiary/aromatic N) is 2. The number of nitrogens with one attached hydrogen (secondary N) is 1. The third-order valence-electron chi connectivity index (χ3n) is 4.76. The molecule has 136 valence electrons. The highest BCUT2D eigenvalue weighted by Crippen LogP contribution is 2.33. The summed E-state index contributed by atoms with van der Waals surface area (Å²) in [6, 6.07) is 16.4. The summed E-state index contributed by atoms with van der Waals surface area (Å²) in [6.07, 6.45) is 0. The molecule has 0 aliphatic rings. The first-order valence-electron chi connectivity index (χ1n) is 8.87. The molecule has 0 aliphatic carbocycles. The Balaban J connectivity index is 1.74. The largest absolute Gasteiger partial charge is 0.367 e. The molecule has 27 heavy (non-hydrogen) atoms. The summed E-state index contributed by atoms with van der Waals surface area (Å²) in [5, 5.41) is 2.72. The fourth-order valence-corrected chi connectivity index (χ4v) is 4.25. The summed E-state index contributed by atoms with van der Waals surface area (Å²) in [6.45, 7) is 4.69. The van der Waals surface area contributed by atoms with Crippen molar-refractivity contribution in [2.45, 2.75) is 20.4 Å². The fourth-order valence-electron chi connectivity index (χ4n) is 3.29. The van der Waals surface area contributed by atoms with E-state index in [0.29, 0.717) is 17.8 Å². The number of hydrogen-bond donors (Lipinski definition) is 1. The Labute approximate surface area is 162 Å². The molecule has 4 aromatic rings. The first-order valence-corrected chi connectivity index (χ1v) is 9.75. The second-order valence-electron chi connectivity index (χ2n) is 6.85. The zero-order valence-electron chi connectivity index (χ0n) is 15.6. The van der Waals surface area contributed by atoms with Crippen molar-refractivity contribution >= 4 is 27.2 Å². The molecule has 0 radical (unpaired) electrons. The van der Waals surface area contributed by atoms with E-state index in [-0.39, 0.29) is 5.56 Å². The normalized spacial score (nSPS) is 11.1. The van der Waals surface area contributed by atoms with E-state index in [9.17, 15) is 4.79 Å². The number of aromatic amines is 1. The number of para-hydroxylation sites is 1. The number of H-pyrrole nitrogens is 1. The first kappa shape index (κ1) is 17.5. The number of aromatic nitrogens is 2. The van der Waals surface area contributed by atoms with E-state index in [2.05, 4.69) is 41.9 Å². The van der Waals surface area contributed by atoms with Crippen LogP contribution < -0.4 is 10.5 Å². The van der Waals surface area contributed by atoms with Crippen LogP contribution >= 0.6 is 11.3 Å². The van der Waals surface area contributed by atoms with Gasteiger partial charge in [-0.3, -0.25) is 4.79 Å². The van der Waals surface area contributed by atoms with Gasteiger partial charge in [0.15, 0.2) is 0 Å². The second-order valence-corrected chi connectivity index (χ2v) is 7.71. The Hall–Kier alpha value is -2.92. The van der Waals surface area contributed by atoms with E-state index < -0.39 is 0 Å². The smallest absolute Gasteiger partial charge is 0.260 e. The standard InChI is InChI=1S/C22H21N3OS/c1-14-9-10-15(2)17(11-14)18-13-27-22-20(18)21(26)23-19(24-22)12-25(3)16-7-5-4-6-8-16/h4-11,13H,12H2,1-3H3,(H,23,24,26). The minimum atomic E-state index is -0.0754. The molecule has 1 N–H and O–H groups in total. The number of benzene rings is 2. The van der Waals surface area contributed by atoms with E-state index in [1.54, 1.807) is 0 Å². The maximum absolute atomic E-state index is 12.9. The molecule has 5 heteroatoms. The van der Waals surface area contributed by atoms with Crippen LogP contribution in [0.2, 0.25) is 0 Å². The van der Waals surface area contributed by atoms with Gasteiger partial charge in [0.1, 0.15) is 10.7 Å². The summed E-state index contributed by atoms with van der Waals surface area (Å²) in [5.41, 5.74) is 5.42. The number of fused-ring (bicyclic) bond motifs is 1. The van der Waals surface area contributed by atoms with E-state index in [1.165, 1.54) is 16.9 Å². The van der Waals surface area contributed by atoms with Crippen molar-refractivity contribution in [3.05, 3.63) is 81.2 Å². The number of hydrogen-bond acceptors (Lipinski definition) is 4. The van der Waals surface area contributed by atoms with Gasteiger partial charge in [-0.25, -0.2) is 4.98 Å². The van der Waals surface area contributed by atoms with Crippen LogP contribution in [0.25, 0.3) is 21.3 Å².